The predicted molar refractivity (Wildman–Crippen MR) is 107 cm³/mol. The number of aromatic nitrogens is 2. The molecule has 6 nitrogen and oxygen atoms in total. The molecule has 2 heterocycles. The summed E-state index contributed by atoms with van der Waals surface area (Å²) in [6.07, 6.45) is 1.57. The Morgan fingerprint density at radius 2 is 1.89 bits per heavy atom. The van der Waals surface area contributed by atoms with Gasteiger partial charge in [0.15, 0.2) is 0 Å². The van der Waals surface area contributed by atoms with E-state index in [2.05, 4.69) is 9.97 Å². The van der Waals surface area contributed by atoms with Crippen LogP contribution in [-0.4, -0.2) is 47.1 Å². The molecule has 7 heteroatoms. The van der Waals surface area contributed by atoms with Crippen LogP contribution in [0.4, 0.5) is 0 Å². The molecule has 1 saturated heterocycles. The van der Waals surface area contributed by atoms with Gasteiger partial charge in [-0.15, -0.1) is 0 Å². The van der Waals surface area contributed by atoms with Crippen LogP contribution in [0, 0.1) is 0 Å². The van der Waals surface area contributed by atoms with Crippen LogP contribution in [0.2, 0.25) is 5.02 Å². The zero-order valence-corrected chi connectivity index (χ0v) is 16.2. The van der Waals surface area contributed by atoms with Gasteiger partial charge in [0, 0.05) is 18.1 Å². The van der Waals surface area contributed by atoms with Crippen molar-refractivity contribution >= 4 is 28.5 Å². The first-order valence-corrected chi connectivity index (χ1v) is 9.54. The number of hydrogen-bond donors (Lipinski definition) is 0. The molecule has 1 unspecified atom stereocenters. The zero-order chi connectivity index (χ0) is 19.5. The zero-order valence-electron chi connectivity index (χ0n) is 15.5. The van der Waals surface area contributed by atoms with Gasteiger partial charge in [0.2, 0.25) is 11.8 Å². The fourth-order valence-corrected chi connectivity index (χ4v) is 3.33. The molecule has 1 atom stereocenters. The van der Waals surface area contributed by atoms with E-state index in [0.717, 1.165) is 5.56 Å². The summed E-state index contributed by atoms with van der Waals surface area (Å²) in [5.74, 6) is 0.950. The highest BCUT2D eigenvalue weighted by molar-refractivity contribution is 6.31. The van der Waals surface area contributed by atoms with Crippen molar-refractivity contribution in [3.8, 4) is 11.6 Å². The number of carbonyl (C=O) groups excluding carboxylic acids is 1. The van der Waals surface area contributed by atoms with Gasteiger partial charge in [0.1, 0.15) is 5.75 Å². The fourth-order valence-electron chi connectivity index (χ4n) is 3.16. The lowest BCUT2D eigenvalue weighted by molar-refractivity contribution is -0.136. The number of amides is 1. The molecule has 1 fully saturated rings. The van der Waals surface area contributed by atoms with Crippen molar-refractivity contribution in [1.29, 1.82) is 0 Å². The normalized spacial score (nSPS) is 15.4. The second kappa shape index (κ2) is 8.12. The molecule has 1 aliphatic rings. The van der Waals surface area contributed by atoms with E-state index in [-0.39, 0.29) is 11.8 Å². The van der Waals surface area contributed by atoms with Crippen molar-refractivity contribution < 1.29 is 14.3 Å². The van der Waals surface area contributed by atoms with Crippen LogP contribution in [0.3, 0.4) is 0 Å². The molecule has 3 aromatic rings. The van der Waals surface area contributed by atoms with Crippen LogP contribution >= 0.6 is 11.6 Å². The highest BCUT2D eigenvalue weighted by Crippen LogP contribution is 2.25. The molecular weight excluding hydrogens is 378 g/mol. The Morgan fingerprint density at radius 3 is 2.64 bits per heavy atom. The molecule has 28 heavy (non-hydrogen) atoms. The van der Waals surface area contributed by atoms with Gasteiger partial charge in [-0.2, -0.15) is 0 Å². The molecule has 1 aliphatic heterocycles. The maximum Gasteiger partial charge on any atom is 0.238 e. The quantitative estimate of drug-likeness (QED) is 0.664. The second-order valence-corrected chi connectivity index (χ2v) is 7.11. The lowest BCUT2D eigenvalue weighted by Gasteiger charge is -2.29. The highest BCUT2D eigenvalue weighted by Gasteiger charge is 2.23. The van der Waals surface area contributed by atoms with E-state index in [0.29, 0.717) is 54.0 Å². The van der Waals surface area contributed by atoms with Gasteiger partial charge >= 0.3 is 0 Å². The Labute approximate surface area is 168 Å². The maximum absolute atomic E-state index is 12.6. The monoisotopic (exact) mass is 397 g/mol. The van der Waals surface area contributed by atoms with E-state index >= 15 is 0 Å². The predicted octanol–water partition coefficient (Wildman–Crippen LogP) is 4.04. The lowest BCUT2D eigenvalue weighted by Crippen LogP contribution is -2.42. The second-order valence-electron chi connectivity index (χ2n) is 6.67. The number of carbonyl (C=O) groups is 1. The van der Waals surface area contributed by atoms with Gasteiger partial charge in [-0.1, -0.05) is 23.7 Å². The van der Waals surface area contributed by atoms with Crippen LogP contribution in [0.15, 0.2) is 48.7 Å². The molecule has 144 valence electrons. The summed E-state index contributed by atoms with van der Waals surface area (Å²) in [6, 6.07) is 12.8. The number of morpholine rings is 1. The summed E-state index contributed by atoms with van der Waals surface area (Å²) in [6.45, 7) is 4.43. The minimum Gasteiger partial charge on any atom is -0.437 e. The van der Waals surface area contributed by atoms with Crippen molar-refractivity contribution in [1.82, 2.24) is 14.9 Å². The number of nitrogens with zero attached hydrogens (tertiary/aromatic N) is 3. The summed E-state index contributed by atoms with van der Waals surface area (Å²) in [4.78, 5) is 23.3. The SMILES string of the molecule is CC(C(=O)N1CCOCC1)c1ccc(Oc2cnc3cc(Cl)ccc3n2)cc1. The maximum atomic E-state index is 12.6. The van der Waals surface area contributed by atoms with E-state index in [1.165, 1.54) is 0 Å². The smallest absolute Gasteiger partial charge is 0.238 e. The van der Waals surface area contributed by atoms with E-state index in [9.17, 15) is 4.79 Å². The Bertz CT molecular complexity index is 988. The van der Waals surface area contributed by atoms with E-state index < -0.39 is 0 Å². The van der Waals surface area contributed by atoms with E-state index in [1.807, 2.05) is 36.1 Å². The molecule has 1 amide bonds. The first-order chi connectivity index (χ1) is 13.6. The third-order valence-electron chi connectivity index (χ3n) is 4.78. The Kier molecular flexibility index (Phi) is 5.41. The first-order valence-electron chi connectivity index (χ1n) is 9.17. The number of benzene rings is 2. The molecule has 1 aromatic heterocycles. The third-order valence-corrected chi connectivity index (χ3v) is 5.01. The molecular formula is C21H20ClN3O3. The summed E-state index contributed by atoms with van der Waals surface area (Å²) >= 11 is 5.97. The van der Waals surface area contributed by atoms with Crippen molar-refractivity contribution in [3.63, 3.8) is 0 Å². The largest absolute Gasteiger partial charge is 0.437 e. The number of fused-ring (bicyclic) bond motifs is 1. The molecule has 0 radical (unpaired) electrons. The van der Waals surface area contributed by atoms with Crippen LogP contribution in [0.5, 0.6) is 11.6 Å². The molecule has 0 N–H and O–H groups in total. The number of rotatable bonds is 4. The third kappa shape index (κ3) is 4.08. The Balaban J connectivity index is 1.45. The number of ether oxygens (including phenoxy) is 2. The van der Waals surface area contributed by atoms with Crippen molar-refractivity contribution in [2.24, 2.45) is 0 Å². The standard InChI is InChI=1S/C21H20ClN3O3/c1-14(21(26)25-8-10-27-11-9-25)15-2-5-17(6-3-15)28-20-13-23-19-12-16(22)4-7-18(19)24-20/h2-7,12-14H,8-11H2,1H3. The van der Waals surface area contributed by atoms with Crippen LogP contribution in [-0.2, 0) is 9.53 Å². The summed E-state index contributed by atoms with van der Waals surface area (Å²) in [7, 11) is 0. The van der Waals surface area contributed by atoms with Gasteiger partial charge in [-0.3, -0.25) is 4.79 Å². The van der Waals surface area contributed by atoms with Gasteiger partial charge < -0.3 is 14.4 Å². The van der Waals surface area contributed by atoms with Gasteiger partial charge in [-0.05, 0) is 42.8 Å². The summed E-state index contributed by atoms with van der Waals surface area (Å²) < 4.78 is 11.1. The molecule has 0 bridgehead atoms. The minimum absolute atomic E-state index is 0.121. The molecule has 0 saturated carbocycles. The lowest BCUT2D eigenvalue weighted by atomic mass is 9.99. The van der Waals surface area contributed by atoms with Crippen LogP contribution in [0.25, 0.3) is 11.0 Å². The fraction of sp³-hybridized carbons (Fsp3) is 0.286. The Hall–Kier alpha value is -2.70. The van der Waals surface area contributed by atoms with Crippen LogP contribution < -0.4 is 4.74 Å². The topological polar surface area (TPSA) is 64.6 Å². The first kappa shape index (κ1) is 18.7. The van der Waals surface area contributed by atoms with Crippen LogP contribution in [0.1, 0.15) is 18.4 Å². The van der Waals surface area contributed by atoms with E-state index in [1.54, 1.807) is 24.4 Å². The average molecular weight is 398 g/mol. The molecule has 0 aliphatic carbocycles. The minimum atomic E-state index is -0.211. The Morgan fingerprint density at radius 1 is 1.14 bits per heavy atom. The van der Waals surface area contributed by atoms with E-state index in [4.69, 9.17) is 21.1 Å². The highest BCUT2D eigenvalue weighted by atomic mass is 35.5. The summed E-state index contributed by atoms with van der Waals surface area (Å²) in [5, 5.41) is 0.617. The van der Waals surface area contributed by atoms with Gasteiger partial charge in [0.25, 0.3) is 0 Å². The molecule has 4 rings (SSSR count). The van der Waals surface area contributed by atoms with Crippen molar-refractivity contribution in [2.75, 3.05) is 26.3 Å². The average Bonchev–Trinajstić information content (AvgIpc) is 2.74. The van der Waals surface area contributed by atoms with Crippen molar-refractivity contribution in [3.05, 3.63) is 59.2 Å². The van der Waals surface area contributed by atoms with Gasteiger partial charge in [0.05, 0.1) is 36.4 Å². The van der Waals surface area contributed by atoms with Crippen molar-refractivity contribution in [2.45, 2.75) is 12.8 Å². The summed E-state index contributed by atoms with van der Waals surface area (Å²) in [5.41, 5.74) is 2.37. The van der Waals surface area contributed by atoms with Gasteiger partial charge in [-0.25, -0.2) is 9.97 Å². The number of hydrogen-bond acceptors (Lipinski definition) is 5. The molecule has 0 spiro atoms. The molecule has 2 aromatic carbocycles. The number of halogens is 1.